The first-order valence-corrected chi connectivity index (χ1v) is 10.6. The van der Waals surface area contributed by atoms with Crippen molar-refractivity contribution >= 4 is 23.6 Å². The zero-order valence-electron chi connectivity index (χ0n) is 17.2. The van der Waals surface area contributed by atoms with Crippen LogP contribution in [0.4, 0.5) is 8.78 Å². The lowest BCUT2D eigenvalue weighted by Crippen LogP contribution is -2.39. The molecule has 1 saturated heterocycles. The highest BCUT2D eigenvalue weighted by Gasteiger charge is 2.35. The van der Waals surface area contributed by atoms with Crippen LogP contribution in [0, 0.1) is 11.6 Å². The van der Waals surface area contributed by atoms with E-state index in [0.717, 1.165) is 17.5 Å². The number of nitrogens with zero attached hydrogens (tertiary/aromatic N) is 2. The van der Waals surface area contributed by atoms with Crippen LogP contribution in [0.25, 0.3) is 0 Å². The fourth-order valence-electron chi connectivity index (χ4n) is 3.58. The van der Waals surface area contributed by atoms with Gasteiger partial charge >= 0.3 is 0 Å². The number of thioether (sulfide) groups is 1. The van der Waals surface area contributed by atoms with Crippen LogP contribution in [-0.4, -0.2) is 61.1 Å². The molecule has 0 saturated carbocycles. The summed E-state index contributed by atoms with van der Waals surface area (Å²) in [4.78, 5) is 29.2. The van der Waals surface area contributed by atoms with Crippen molar-refractivity contribution in [3.63, 3.8) is 0 Å². The molecule has 0 radical (unpaired) electrons. The van der Waals surface area contributed by atoms with E-state index in [2.05, 4.69) is 5.32 Å². The Bertz CT molecular complexity index is 938. The average Bonchev–Trinajstić information content (AvgIpc) is 3.08. The van der Waals surface area contributed by atoms with Crippen LogP contribution >= 0.6 is 11.8 Å². The molecule has 1 aliphatic rings. The second-order valence-electron chi connectivity index (χ2n) is 7.54. The van der Waals surface area contributed by atoms with E-state index in [1.807, 2.05) is 24.1 Å². The van der Waals surface area contributed by atoms with Crippen LogP contribution in [0.15, 0.2) is 47.4 Å². The van der Waals surface area contributed by atoms with Crippen LogP contribution < -0.4 is 5.32 Å². The zero-order valence-corrected chi connectivity index (χ0v) is 18.0. The van der Waals surface area contributed by atoms with Gasteiger partial charge in [-0.1, -0.05) is 18.2 Å². The molecule has 1 fully saturated rings. The lowest BCUT2D eigenvalue weighted by Gasteiger charge is -2.26. The number of rotatable bonds is 6. The molecule has 1 heterocycles. The molecule has 0 aromatic heterocycles. The number of carbonyl (C=O) groups is 2. The number of hydrogen-bond acceptors (Lipinski definition) is 4. The Morgan fingerprint density at radius 3 is 2.60 bits per heavy atom. The summed E-state index contributed by atoms with van der Waals surface area (Å²) in [5.41, 5.74) is 1.12. The second kappa shape index (κ2) is 9.57. The summed E-state index contributed by atoms with van der Waals surface area (Å²) >= 11 is 1.32. The molecule has 5 nitrogen and oxygen atoms in total. The standard InChI is InChI=1S/C22H25F2N3O2S/c1-26(2)20(28)13-30-19-7-5-4-6-15(19)22(29)25-18-10-11-27(3)21(18)14-8-9-16(23)17(24)12-14/h4-9,12,18,21H,10-11,13H2,1-3H3,(H,25,29)/t18-,21-/m0/s1. The molecule has 0 unspecified atom stereocenters. The maximum absolute atomic E-state index is 13.8. The quantitative estimate of drug-likeness (QED) is 0.711. The molecule has 30 heavy (non-hydrogen) atoms. The molecular formula is C22H25F2N3O2S. The van der Waals surface area contributed by atoms with Crippen LogP contribution in [0.3, 0.4) is 0 Å². The summed E-state index contributed by atoms with van der Waals surface area (Å²) in [6, 6.07) is 10.5. The molecule has 2 aromatic carbocycles. The molecule has 1 N–H and O–H groups in total. The van der Waals surface area contributed by atoms with E-state index in [9.17, 15) is 18.4 Å². The van der Waals surface area contributed by atoms with Gasteiger partial charge in [0, 0.05) is 25.5 Å². The Balaban J connectivity index is 1.76. The van der Waals surface area contributed by atoms with Crippen molar-refractivity contribution in [1.82, 2.24) is 15.1 Å². The third kappa shape index (κ3) is 4.99. The SMILES string of the molecule is CN(C)C(=O)CSc1ccccc1C(=O)N[C@H]1CCN(C)[C@H]1c1ccc(F)c(F)c1. The van der Waals surface area contributed by atoms with Gasteiger partial charge in [-0.2, -0.15) is 0 Å². The van der Waals surface area contributed by atoms with E-state index in [1.165, 1.54) is 22.7 Å². The van der Waals surface area contributed by atoms with Crippen molar-refractivity contribution in [2.24, 2.45) is 0 Å². The van der Waals surface area contributed by atoms with Crippen LogP contribution in [-0.2, 0) is 4.79 Å². The molecule has 0 spiro atoms. The van der Waals surface area contributed by atoms with Gasteiger partial charge in [0.1, 0.15) is 0 Å². The van der Waals surface area contributed by atoms with E-state index in [-0.39, 0.29) is 29.7 Å². The Morgan fingerprint density at radius 1 is 1.17 bits per heavy atom. The van der Waals surface area contributed by atoms with Gasteiger partial charge in [0.15, 0.2) is 11.6 Å². The number of likely N-dealkylation sites (tertiary alicyclic amines) is 1. The van der Waals surface area contributed by atoms with Crippen LogP contribution in [0.1, 0.15) is 28.4 Å². The minimum atomic E-state index is -0.898. The molecule has 8 heteroatoms. The number of amides is 2. The van der Waals surface area contributed by atoms with Crippen molar-refractivity contribution in [3.8, 4) is 0 Å². The van der Waals surface area contributed by atoms with E-state index in [0.29, 0.717) is 17.5 Å². The summed E-state index contributed by atoms with van der Waals surface area (Å²) < 4.78 is 27.1. The minimum absolute atomic E-state index is 0.0361. The highest BCUT2D eigenvalue weighted by atomic mass is 32.2. The summed E-state index contributed by atoms with van der Waals surface area (Å²) in [6.07, 6.45) is 0.695. The predicted octanol–water partition coefficient (Wildman–Crippen LogP) is 3.32. The third-order valence-electron chi connectivity index (χ3n) is 5.23. The molecular weight excluding hydrogens is 408 g/mol. The number of halogens is 2. The van der Waals surface area contributed by atoms with E-state index in [1.54, 1.807) is 32.3 Å². The molecule has 1 aliphatic heterocycles. The van der Waals surface area contributed by atoms with E-state index in [4.69, 9.17) is 0 Å². The van der Waals surface area contributed by atoms with Gasteiger partial charge in [0.05, 0.1) is 23.4 Å². The lowest BCUT2D eigenvalue weighted by molar-refractivity contribution is -0.125. The van der Waals surface area contributed by atoms with E-state index >= 15 is 0 Å². The first-order chi connectivity index (χ1) is 14.3. The largest absolute Gasteiger partial charge is 0.348 e. The van der Waals surface area contributed by atoms with Crippen LogP contribution in [0.2, 0.25) is 0 Å². The van der Waals surface area contributed by atoms with Crippen molar-refractivity contribution in [1.29, 1.82) is 0 Å². The fourth-order valence-corrected chi connectivity index (χ4v) is 4.60. The number of nitrogens with one attached hydrogen (secondary N) is 1. The highest BCUT2D eigenvalue weighted by molar-refractivity contribution is 8.00. The van der Waals surface area contributed by atoms with Gasteiger partial charge in [0.2, 0.25) is 5.91 Å². The predicted molar refractivity (Wildman–Crippen MR) is 113 cm³/mol. The molecule has 0 bridgehead atoms. The Hall–Kier alpha value is -2.45. The summed E-state index contributed by atoms with van der Waals surface area (Å²) in [5.74, 6) is -1.83. The van der Waals surface area contributed by atoms with E-state index < -0.39 is 11.6 Å². The summed E-state index contributed by atoms with van der Waals surface area (Å²) in [6.45, 7) is 0.725. The van der Waals surface area contributed by atoms with Crippen molar-refractivity contribution in [2.75, 3.05) is 33.4 Å². The Morgan fingerprint density at radius 2 is 1.90 bits per heavy atom. The minimum Gasteiger partial charge on any atom is -0.348 e. The van der Waals surface area contributed by atoms with Gasteiger partial charge in [-0.3, -0.25) is 14.5 Å². The zero-order chi connectivity index (χ0) is 21.8. The van der Waals surface area contributed by atoms with Gasteiger partial charge < -0.3 is 10.2 Å². The molecule has 2 atom stereocenters. The highest BCUT2D eigenvalue weighted by Crippen LogP contribution is 2.32. The number of hydrogen-bond donors (Lipinski definition) is 1. The average molecular weight is 434 g/mol. The molecule has 0 aliphatic carbocycles. The van der Waals surface area contributed by atoms with Gasteiger partial charge in [-0.15, -0.1) is 11.8 Å². The van der Waals surface area contributed by atoms with Crippen molar-refractivity contribution < 1.29 is 18.4 Å². The molecule has 160 valence electrons. The number of likely N-dealkylation sites (N-methyl/N-ethyl adjacent to an activating group) is 1. The molecule has 2 aromatic rings. The van der Waals surface area contributed by atoms with Gasteiger partial charge in [-0.25, -0.2) is 8.78 Å². The van der Waals surface area contributed by atoms with Crippen molar-refractivity contribution in [3.05, 3.63) is 65.2 Å². The third-order valence-corrected chi connectivity index (χ3v) is 6.29. The fraction of sp³-hybridized carbons (Fsp3) is 0.364. The van der Waals surface area contributed by atoms with Crippen molar-refractivity contribution in [2.45, 2.75) is 23.4 Å². The molecule has 3 rings (SSSR count). The first kappa shape index (κ1) is 22.2. The lowest BCUT2D eigenvalue weighted by atomic mass is 9.99. The second-order valence-corrected chi connectivity index (χ2v) is 8.56. The Kier molecular flexibility index (Phi) is 7.10. The maximum Gasteiger partial charge on any atom is 0.252 e. The normalized spacial score (nSPS) is 19.0. The smallest absolute Gasteiger partial charge is 0.252 e. The van der Waals surface area contributed by atoms with Gasteiger partial charge in [-0.05, 0) is 43.3 Å². The summed E-state index contributed by atoms with van der Waals surface area (Å²) in [7, 11) is 5.28. The maximum atomic E-state index is 13.8. The topological polar surface area (TPSA) is 52.7 Å². The first-order valence-electron chi connectivity index (χ1n) is 9.66. The molecule has 2 amide bonds. The summed E-state index contributed by atoms with van der Waals surface area (Å²) in [5, 5.41) is 3.05. The Labute approximate surface area is 179 Å². The monoisotopic (exact) mass is 433 g/mol. The van der Waals surface area contributed by atoms with Gasteiger partial charge in [0.25, 0.3) is 5.91 Å². The van der Waals surface area contributed by atoms with Crippen LogP contribution in [0.5, 0.6) is 0 Å². The number of carbonyl (C=O) groups excluding carboxylic acids is 2. The number of benzene rings is 2.